The van der Waals surface area contributed by atoms with Gasteiger partial charge in [0, 0.05) is 19.4 Å². The molecule has 2 aromatic rings. The summed E-state index contributed by atoms with van der Waals surface area (Å²) in [5.41, 5.74) is 0.973. The first kappa shape index (κ1) is 15.8. The van der Waals surface area contributed by atoms with Gasteiger partial charge in [0.1, 0.15) is 5.82 Å². The fourth-order valence-corrected chi connectivity index (χ4v) is 1.97. The van der Waals surface area contributed by atoms with Gasteiger partial charge < -0.3 is 4.18 Å². The molecule has 0 radical (unpaired) electrons. The van der Waals surface area contributed by atoms with Crippen molar-refractivity contribution >= 4 is 22.2 Å². The van der Waals surface area contributed by atoms with Crippen LogP contribution in [0.25, 0.3) is 0 Å². The maximum Gasteiger partial charge on any atom is 0.488 e. The van der Waals surface area contributed by atoms with Crippen LogP contribution in [0, 0.1) is 6.92 Å². The van der Waals surface area contributed by atoms with Gasteiger partial charge in [-0.1, -0.05) is 9.95 Å². The first-order valence-corrected chi connectivity index (χ1v) is 7.37. The van der Waals surface area contributed by atoms with Crippen LogP contribution in [0.5, 0.6) is 5.75 Å². The molecule has 0 saturated carbocycles. The average Bonchev–Trinajstić information content (AvgIpc) is 2.45. The first-order valence-electron chi connectivity index (χ1n) is 6.06. The van der Waals surface area contributed by atoms with Crippen LogP contribution in [0.2, 0.25) is 0 Å². The average molecular weight is 325 g/mol. The summed E-state index contributed by atoms with van der Waals surface area (Å²) in [6.07, 6.45) is 3.80. The summed E-state index contributed by atoms with van der Waals surface area (Å²) >= 11 is 0. The summed E-state index contributed by atoms with van der Waals surface area (Å²) in [6.45, 7) is 1.86. The predicted molar refractivity (Wildman–Crippen MR) is 76.6 cm³/mol. The molecule has 0 saturated heterocycles. The Kier molecular flexibility index (Phi) is 4.36. The number of halogens is 1. The highest BCUT2D eigenvalue weighted by atomic mass is 32.3. The lowest BCUT2D eigenvalue weighted by atomic mass is 10.2. The minimum Gasteiger partial charge on any atom is -0.357 e. The zero-order valence-electron chi connectivity index (χ0n) is 11.7. The number of nitrogens with zero attached hydrogens (tertiary/aromatic N) is 3. The quantitative estimate of drug-likeness (QED) is 0.794. The Balaban J connectivity index is 2.25. The van der Waals surface area contributed by atoms with Crippen molar-refractivity contribution in [1.82, 2.24) is 9.97 Å². The number of pyridine rings is 2. The lowest BCUT2D eigenvalue weighted by Gasteiger charge is -2.16. The third kappa shape index (κ3) is 3.98. The Bertz CT molecular complexity index is 793. The molecule has 2 heterocycles. The third-order valence-corrected chi connectivity index (χ3v) is 3.09. The van der Waals surface area contributed by atoms with E-state index in [1.165, 1.54) is 18.1 Å². The normalized spacial score (nSPS) is 11.0. The fraction of sp³-hybridized carbons (Fsp3) is 0.154. The molecule has 0 spiro atoms. The van der Waals surface area contributed by atoms with Gasteiger partial charge in [0.2, 0.25) is 0 Å². The van der Waals surface area contributed by atoms with Crippen molar-refractivity contribution in [3.63, 3.8) is 0 Å². The zero-order valence-corrected chi connectivity index (χ0v) is 12.5. The van der Waals surface area contributed by atoms with E-state index in [9.17, 15) is 17.1 Å². The number of hydrogen-bond donors (Lipinski definition) is 0. The Labute approximate surface area is 126 Å². The lowest BCUT2D eigenvalue weighted by Crippen LogP contribution is -2.27. The van der Waals surface area contributed by atoms with Crippen LogP contribution in [-0.4, -0.2) is 31.3 Å². The standard InChI is InChI=1S/C13H12FN3O4S/c1-9-3-4-12(16-6-9)17(2)13(18)10-5-11(8-15-7-10)21-22(14,19)20/h3-8H,1-2H3. The smallest absolute Gasteiger partial charge is 0.357 e. The van der Waals surface area contributed by atoms with Crippen molar-refractivity contribution in [2.75, 3.05) is 11.9 Å². The Morgan fingerprint density at radius 3 is 2.59 bits per heavy atom. The van der Waals surface area contributed by atoms with Crippen molar-refractivity contribution in [3.05, 3.63) is 47.9 Å². The number of amides is 1. The minimum atomic E-state index is -5.17. The number of hydrogen-bond acceptors (Lipinski definition) is 6. The summed E-state index contributed by atoms with van der Waals surface area (Å²) in [4.78, 5) is 21.3. The second-order valence-electron chi connectivity index (χ2n) is 4.44. The molecule has 0 aromatic carbocycles. The van der Waals surface area contributed by atoms with E-state index >= 15 is 0 Å². The Hall–Kier alpha value is -2.55. The Morgan fingerprint density at radius 1 is 1.27 bits per heavy atom. The molecule has 0 bridgehead atoms. The van der Waals surface area contributed by atoms with Crippen LogP contribution >= 0.6 is 0 Å². The molecular formula is C13H12FN3O4S. The molecule has 0 atom stereocenters. The number of aromatic nitrogens is 2. The van der Waals surface area contributed by atoms with Gasteiger partial charge in [-0.3, -0.25) is 14.7 Å². The number of carbonyl (C=O) groups excluding carboxylic acids is 1. The van der Waals surface area contributed by atoms with Crippen molar-refractivity contribution < 1.29 is 21.3 Å². The molecule has 7 nitrogen and oxygen atoms in total. The molecular weight excluding hydrogens is 313 g/mol. The van der Waals surface area contributed by atoms with E-state index in [0.717, 1.165) is 17.8 Å². The van der Waals surface area contributed by atoms with E-state index < -0.39 is 22.2 Å². The highest BCUT2D eigenvalue weighted by Gasteiger charge is 2.17. The lowest BCUT2D eigenvalue weighted by molar-refractivity contribution is 0.0991. The van der Waals surface area contributed by atoms with E-state index in [1.54, 1.807) is 18.3 Å². The molecule has 0 N–H and O–H groups in total. The highest BCUT2D eigenvalue weighted by molar-refractivity contribution is 7.81. The van der Waals surface area contributed by atoms with Gasteiger partial charge in [-0.15, -0.1) is 0 Å². The van der Waals surface area contributed by atoms with Crippen LogP contribution in [0.1, 0.15) is 15.9 Å². The minimum absolute atomic E-state index is 0.0334. The molecule has 0 fully saturated rings. The molecule has 0 unspecified atom stereocenters. The number of anilines is 1. The monoisotopic (exact) mass is 325 g/mol. The van der Waals surface area contributed by atoms with E-state index in [0.29, 0.717) is 5.82 Å². The van der Waals surface area contributed by atoms with Crippen LogP contribution in [0.4, 0.5) is 9.70 Å². The molecule has 1 amide bonds. The summed E-state index contributed by atoms with van der Waals surface area (Å²) in [5.74, 6) is -0.482. The number of rotatable bonds is 4. The second kappa shape index (κ2) is 6.06. The van der Waals surface area contributed by atoms with Gasteiger partial charge in [-0.05, 0) is 24.6 Å². The van der Waals surface area contributed by atoms with Crippen LogP contribution < -0.4 is 9.08 Å². The number of aryl methyl sites for hydroxylation is 1. The van der Waals surface area contributed by atoms with Gasteiger partial charge in [-0.25, -0.2) is 4.98 Å². The molecule has 9 heteroatoms. The zero-order chi connectivity index (χ0) is 16.3. The highest BCUT2D eigenvalue weighted by Crippen LogP contribution is 2.17. The van der Waals surface area contributed by atoms with E-state index in [-0.39, 0.29) is 5.56 Å². The summed E-state index contributed by atoms with van der Waals surface area (Å²) in [7, 11) is -3.67. The van der Waals surface area contributed by atoms with Crippen LogP contribution in [-0.2, 0) is 10.5 Å². The van der Waals surface area contributed by atoms with Crippen molar-refractivity contribution in [2.45, 2.75) is 6.92 Å². The topological polar surface area (TPSA) is 89.5 Å². The molecule has 22 heavy (non-hydrogen) atoms. The SMILES string of the molecule is Cc1ccc(N(C)C(=O)c2cncc(OS(=O)(=O)F)c2)nc1. The van der Waals surface area contributed by atoms with Gasteiger partial charge >= 0.3 is 10.5 Å². The first-order chi connectivity index (χ1) is 10.3. The predicted octanol–water partition coefficient (Wildman–Crippen LogP) is 1.65. The van der Waals surface area contributed by atoms with Gasteiger partial charge in [0.15, 0.2) is 5.75 Å². The summed E-state index contributed by atoms with van der Waals surface area (Å²) in [6, 6.07) is 4.53. The second-order valence-corrected chi connectivity index (χ2v) is 5.40. The maximum atomic E-state index is 12.5. The van der Waals surface area contributed by atoms with Gasteiger partial charge in [-0.2, -0.15) is 8.42 Å². The molecule has 0 aliphatic rings. The van der Waals surface area contributed by atoms with Crippen LogP contribution in [0.3, 0.4) is 0 Å². The van der Waals surface area contributed by atoms with Crippen molar-refractivity contribution in [2.24, 2.45) is 0 Å². The maximum absolute atomic E-state index is 12.5. The molecule has 2 aromatic heterocycles. The Morgan fingerprint density at radius 2 is 2.00 bits per heavy atom. The summed E-state index contributed by atoms with van der Waals surface area (Å²) in [5, 5.41) is 0. The number of carbonyl (C=O) groups is 1. The van der Waals surface area contributed by atoms with E-state index in [2.05, 4.69) is 14.2 Å². The van der Waals surface area contributed by atoms with Crippen molar-refractivity contribution in [3.8, 4) is 5.75 Å². The molecule has 0 aliphatic heterocycles. The third-order valence-electron chi connectivity index (χ3n) is 2.70. The van der Waals surface area contributed by atoms with Crippen LogP contribution in [0.15, 0.2) is 36.8 Å². The van der Waals surface area contributed by atoms with Gasteiger partial charge in [0.05, 0.1) is 11.8 Å². The molecule has 2 rings (SSSR count). The van der Waals surface area contributed by atoms with Crippen molar-refractivity contribution in [1.29, 1.82) is 0 Å². The summed E-state index contributed by atoms with van der Waals surface area (Å²) < 4.78 is 37.4. The van der Waals surface area contributed by atoms with Gasteiger partial charge in [0.25, 0.3) is 5.91 Å². The van der Waals surface area contributed by atoms with E-state index in [1.807, 2.05) is 6.92 Å². The molecule has 116 valence electrons. The van der Waals surface area contributed by atoms with E-state index in [4.69, 9.17) is 0 Å². The molecule has 0 aliphatic carbocycles. The largest absolute Gasteiger partial charge is 0.488 e. The fourth-order valence-electron chi connectivity index (χ4n) is 1.65.